The minimum absolute atomic E-state index is 0.182. The van der Waals surface area contributed by atoms with Gasteiger partial charge in [0.15, 0.2) is 0 Å². The molecule has 3 amide bonds. The van der Waals surface area contributed by atoms with E-state index in [9.17, 15) is 18.0 Å². The first-order valence-corrected chi connectivity index (χ1v) is 10.6. The lowest BCUT2D eigenvalue weighted by Gasteiger charge is -2.36. The van der Waals surface area contributed by atoms with Crippen molar-refractivity contribution in [2.24, 2.45) is 11.7 Å². The van der Waals surface area contributed by atoms with Crippen molar-refractivity contribution in [2.75, 3.05) is 33.3 Å². The van der Waals surface area contributed by atoms with Gasteiger partial charge in [-0.1, -0.05) is 13.8 Å². The Morgan fingerprint density at radius 1 is 1.14 bits per heavy atom. The Morgan fingerprint density at radius 2 is 1.71 bits per heavy atom. The van der Waals surface area contributed by atoms with Crippen LogP contribution in [0.3, 0.4) is 0 Å². The number of rotatable bonds is 7. The zero-order chi connectivity index (χ0) is 20.9. The van der Waals surface area contributed by atoms with Crippen LogP contribution in [0.5, 0.6) is 5.75 Å². The molecule has 1 aliphatic rings. The molecule has 2 rings (SSSR count). The molecule has 9 nitrogen and oxygen atoms in total. The third-order valence-electron chi connectivity index (χ3n) is 4.57. The van der Waals surface area contributed by atoms with Crippen LogP contribution in [0.25, 0.3) is 0 Å². The van der Waals surface area contributed by atoms with Crippen LogP contribution in [-0.4, -0.2) is 68.9 Å². The van der Waals surface area contributed by atoms with Crippen molar-refractivity contribution >= 4 is 22.0 Å². The maximum atomic E-state index is 12.8. The fraction of sp³-hybridized carbons (Fsp3) is 0.556. The predicted molar refractivity (Wildman–Crippen MR) is 104 cm³/mol. The van der Waals surface area contributed by atoms with Crippen molar-refractivity contribution in [3.05, 3.63) is 24.3 Å². The summed E-state index contributed by atoms with van der Waals surface area (Å²) in [5, 5.41) is 2.49. The molecule has 1 atom stereocenters. The van der Waals surface area contributed by atoms with Crippen LogP contribution in [0.4, 0.5) is 4.79 Å². The maximum absolute atomic E-state index is 12.8. The number of carbonyl (C=O) groups is 2. The smallest absolute Gasteiger partial charge is 0.312 e. The number of hydrogen-bond acceptors (Lipinski definition) is 5. The molecule has 0 aliphatic carbocycles. The van der Waals surface area contributed by atoms with Gasteiger partial charge in [-0.15, -0.1) is 0 Å². The van der Waals surface area contributed by atoms with Gasteiger partial charge in [0.05, 0.1) is 12.0 Å². The van der Waals surface area contributed by atoms with E-state index in [-0.39, 0.29) is 42.9 Å². The van der Waals surface area contributed by atoms with Crippen molar-refractivity contribution in [1.82, 2.24) is 14.5 Å². The molecule has 0 bridgehead atoms. The minimum Gasteiger partial charge on any atom is -0.497 e. The summed E-state index contributed by atoms with van der Waals surface area (Å²) in [5.74, 6) is 0.527. The van der Waals surface area contributed by atoms with Crippen molar-refractivity contribution in [3.63, 3.8) is 0 Å². The topological polar surface area (TPSA) is 122 Å². The van der Waals surface area contributed by atoms with Crippen LogP contribution < -0.4 is 15.8 Å². The van der Waals surface area contributed by atoms with Crippen LogP contribution in [0.1, 0.15) is 20.3 Å². The van der Waals surface area contributed by atoms with Crippen molar-refractivity contribution < 1.29 is 22.7 Å². The number of methoxy groups -OCH3 is 1. The second-order valence-corrected chi connectivity index (χ2v) is 9.03. The third-order valence-corrected chi connectivity index (χ3v) is 6.48. The number of nitrogens with two attached hydrogens (primary N) is 1. The number of sulfonamides is 1. The summed E-state index contributed by atoms with van der Waals surface area (Å²) < 4.78 is 32.0. The van der Waals surface area contributed by atoms with Crippen molar-refractivity contribution in [3.8, 4) is 5.75 Å². The average Bonchev–Trinajstić information content (AvgIpc) is 2.66. The fourth-order valence-electron chi connectivity index (χ4n) is 3.13. The van der Waals surface area contributed by atoms with Crippen LogP contribution in [-0.2, 0) is 14.8 Å². The van der Waals surface area contributed by atoms with Crippen molar-refractivity contribution in [1.29, 1.82) is 0 Å². The highest BCUT2D eigenvalue weighted by Crippen LogP contribution is 2.21. The van der Waals surface area contributed by atoms with E-state index in [1.165, 1.54) is 23.5 Å². The molecular formula is C18H28N4O5S. The molecule has 1 aliphatic heterocycles. The van der Waals surface area contributed by atoms with Gasteiger partial charge in [0, 0.05) is 26.2 Å². The summed E-state index contributed by atoms with van der Waals surface area (Å²) in [7, 11) is -2.13. The molecule has 0 aromatic heterocycles. The largest absolute Gasteiger partial charge is 0.497 e. The number of benzene rings is 1. The molecule has 3 N–H and O–H groups in total. The first-order chi connectivity index (χ1) is 13.1. The Morgan fingerprint density at radius 3 is 2.18 bits per heavy atom. The summed E-state index contributed by atoms with van der Waals surface area (Å²) in [6.07, 6.45) is 0.464. The standard InChI is InChI=1S/C18H28N4O5S/c1-13(2)12-16(20-18(19)24)17(23)21-8-10-22(11-9-21)28(25,26)15-6-4-14(27-3)5-7-15/h4-7,13,16H,8-12H2,1-3H3,(H3,19,20,24)/t16-/m0/s1. The summed E-state index contributed by atoms with van der Waals surface area (Å²) in [4.78, 5) is 25.7. The molecule has 10 heteroatoms. The number of ether oxygens (including phenoxy) is 1. The van der Waals surface area contributed by atoms with Gasteiger partial charge in [0.25, 0.3) is 0 Å². The number of carbonyl (C=O) groups excluding carboxylic acids is 2. The first kappa shape index (κ1) is 22.0. The van der Waals surface area contributed by atoms with E-state index in [0.717, 1.165) is 0 Å². The molecule has 0 unspecified atom stereocenters. The number of piperazine rings is 1. The molecule has 1 heterocycles. The van der Waals surface area contributed by atoms with Crippen LogP contribution in [0, 0.1) is 5.92 Å². The zero-order valence-electron chi connectivity index (χ0n) is 16.4. The number of primary amides is 1. The predicted octanol–water partition coefficient (Wildman–Crippen LogP) is 0.611. The van der Waals surface area contributed by atoms with E-state index >= 15 is 0 Å². The Hall–Kier alpha value is -2.33. The SMILES string of the molecule is COc1ccc(S(=O)(=O)N2CCN(C(=O)[C@H](CC(C)C)NC(N)=O)CC2)cc1. The van der Waals surface area contributed by atoms with Gasteiger partial charge in [-0.25, -0.2) is 13.2 Å². The molecule has 0 radical (unpaired) electrons. The number of urea groups is 1. The highest BCUT2D eigenvalue weighted by Gasteiger charge is 2.33. The van der Waals surface area contributed by atoms with E-state index in [1.807, 2.05) is 13.8 Å². The van der Waals surface area contributed by atoms with Crippen LogP contribution in [0.2, 0.25) is 0 Å². The van der Waals surface area contributed by atoms with Crippen molar-refractivity contribution in [2.45, 2.75) is 31.2 Å². The monoisotopic (exact) mass is 412 g/mol. The minimum atomic E-state index is -3.64. The maximum Gasteiger partial charge on any atom is 0.312 e. The zero-order valence-corrected chi connectivity index (χ0v) is 17.2. The number of hydrogen-bond donors (Lipinski definition) is 2. The number of nitrogens with one attached hydrogen (secondary N) is 1. The Kier molecular flexibility index (Phi) is 7.25. The van der Waals surface area contributed by atoms with Gasteiger partial charge in [0.1, 0.15) is 11.8 Å². The summed E-state index contributed by atoms with van der Waals surface area (Å²) in [6, 6.07) is 4.74. The van der Waals surface area contributed by atoms with Gasteiger partial charge in [-0.2, -0.15) is 4.31 Å². The first-order valence-electron chi connectivity index (χ1n) is 9.14. The van der Waals surface area contributed by atoms with Gasteiger partial charge in [0.2, 0.25) is 15.9 Å². The Labute approximate surface area is 165 Å². The van der Waals surface area contributed by atoms with Gasteiger partial charge in [-0.3, -0.25) is 4.79 Å². The highest BCUT2D eigenvalue weighted by atomic mass is 32.2. The number of nitrogens with zero attached hydrogens (tertiary/aromatic N) is 2. The van der Waals surface area contributed by atoms with E-state index in [1.54, 1.807) is 17.0 Å². The molecule has 0 saturated carbocycles. The fourth-order valence-corrected chi connectivity index (χ4v) is 4.55. The van der Waals surface area contributed by atoms with Gasteiger partial charge >= 0.3 is 6.03 Å². The van der Waals surface area contributed by atoms with Crippen LogP contribution >= 0.6 is 0 Å². The highest BCUT2D eigenvalue weighted by molar-refractivity contribution is 7.89. The normalized spacial score (nSPS) is 16.6. The molecule has 28 heavy (non-hydrogen) atoms. The molecule has 0 spiro atoms. The molecule has 156 valence electrons. The van der Waals surface area contributed by atoms with E-state index in [4.69, 9.17) is 10.5 Å². The lowest BCUT2D eigenvalue weighted by molar-refractivity contribution is -0.134. The molecule has 1 saturated heterocycles. The summed E-state index contributed by atoms with van der Waals surface area (Å²) >= 11 is 0. The Balaban J connectivity index is 2.03. The van der Waals surface area contributed by atoms with E-state index in [0.29, 0.717) is 12.2 Å². The van der Waals surface area contributed by atoms with E-state index in [2.05, 4.69) is 5.32 Å². The van der Waals surface area contributed by atoms with Crippen LogP contribution in [0.15, 0.2) is 29.2 Å². The summed E-state index contributed by atoms with van der Waals surface area (Å²) in [6.45, 7) is 4.77. The summed E-state index contributed by atoms with van der Waals surface area (Å²) in [5.41, 5.74) is 5.18. The van der Waals surface area contributed by atoms with E-state index < -0.39 is 22.1 Å². The Bertz CT molecular complexity index is 787. The molecule has 1 fully saturated rings. The lowest BCUT2D eigenvalue weighted by Crippen LogP contribution is -2.56. The number of amides is 3. The second-order valence-electron chi connectivity index (χ2n) is 7.10. The third kappa shape index (κ3) is 5.35. The second kappa shape index (κ2) is 9.24. The molecule has 1 aromatic rings. The van der Waals surface area contributed by atoms with Gasteiger partial charge in [-0.05, 0) is 36.6 Å². The average molecular weight is 413 g/mol. The van der Waals surface area contributed by atoms with Gasteiger partial charge < -0.3 is 20.7 Å². The quantitative estimate of drug-likeness (QED) is 0.679. The molecule has 1 aromatic carbocycles. The molecular weight excluding hydrogens is 384 g/mol. The lowest BCUT2D eigenvalue weighted by atomic mass is 10.0.